The molecule has 0 unspecified atom stereocenters. The van der Waals surface area contributed by atoms with E-state index in [0.29, 0.717) is 12.1 Å². The Morgan fingerprint density at radius 2 is 2.30 bits per heavy atom. The summed E-state index contributed by atoms with van der Waals surface area (Å²) in [5, 5.41) is 0.934. The van der Waals surface area contributed by atoms with Crippen molar-refractivity contribution in [3.8, 4) is 5.75 Å². The maximum Gasteiger partial charge on any atom is 0.277 e. The molecule has 6 nitrogen and oxygen atoms in total. The van der Waals surface area contributed by atoms with Crippen LogP contribution in [0.15, 0.2) is 29.3 Å². The lowest BCUT2D eigenvalue weighted by Gasteiger charge is -2.11. The quantitative estimate of drug-likeness (QED) is 0.743. The van der Waals surface area contributed by atoms with E-state index in [1.807, 2.05) is 29.8 Å². The molecule has 1 aliphatic rings. The van der Waals surface area contributed by atoms with Gasteiger partial charge in [0.1, 0.15) is 16.8 Å². The van der Waals surface area contributed by atoms with Crippen molar-refractivity contribution in [2.24, 2.45) is 7.05 Å². The van der Waals surface area contributed by atoms with Gasteiger partial charge in [0.2, 0.25) is 0 Å². The lowest BCUT2D eigenvalue weighted by atomic mass is 10.2. The molecular weight excluding hydrogens is 294 g/mol. The van der Waals surface area contributed by atoms with Crippen LogP contribution in [0, 0.1) is 0 Å². The Labute approximate surface area is 133 Å². The third-order valence-electron chi connectivity index (χ3n) is 4.59. The van der Waals surface area contributed by atoms with Crippen LogP contribution in [0.5, 0.6) is 5.75 Å². The molecule has 1 aliphatic heterocycles. The first-order valence-corrected chi connectivity index (χ1v) is 7.82. The zero-order valence-electron chi connectivity index (χ0n) is 13.3. The molecule has 1 aromatic carbocycles. The zero-order valence-corrected chi connectivity index (χ0v) is 13.3. The first kappa shape index (κ1) is 14.3. The normalized spacial score (nSPS) is 18.1. The van der Waals surface area contributed by atoms with Crippen LogP contribution < -0.4 is 10.3 Å². The van der Waals surface area contributed by atoms with Gasteiger partial charge in [0, 0.05) is 19.0 Å². The monoisotopic (exact) mass is 313 g/mol. The average Bonchev–Trinajstić information content (AvgIpc) is 3.17. The van der Waals surface area contributed by atoms with E-state index >= 15 is 0 Å². The SMILES string of the molecule is COc1ccc2c(c1)c1ncn(C[C@@H]3CCCO3)c(=O)c1n2C. The Balaban J connectivity index is 1.90. The van der Waals surface area contributed by atoms with Crippen molar-refractivity contribution >= 4 is 21.9 Å². The molecule has 1 fully saturated rings. The van der Waals surface area contributed by atoms with Crippen molar-refractivity contribution in [3.05, 3.63) is 34.9 Å². The molecule has 120 valence electrons. The van der Waals surface area contributed by atoms with Crippen LogP contribution in [0.4, 0.5) is 0 Å². The van der Waals surface area contributed by atoms with Gasteiger partial charge in [-0.05, 0) is 31.0 Å². The number of nitrogens with zero attached hydrogens (tertiary/aromatic N) is 3. The molecule has 6 heteroatoms. The van der Waals surface area contributed by atoms with E-state index in [4.69, 9.17) is 9.47 Å². The molecule has 3 heterocycles. The highest BCUT2D eigenvalue weighted by Crippen LogP contribution is 2.28. The minimum atomic E-state index is -0.0248. The molecule has 0 N–H and O–H groups in total. The summed E-state index contributed by atoms with van der Waals surface area (Å²) < 4.78 is 14.5. The second-order valence-electron chi connectivity index (χ2n) is 5.98. The van der Waals surface area contributed by atoms with Crippen LogP contribution in [-0.4, -0.2) is 33.9 Å². The minimum Gasteiger partial charge on any atom is -0.497 e. The van der Waals surface area contributed by atoms with E-state index in [-0.39, 0.29) is 11.7 Å². The lowest BCUT2D eigenvalue weighted by Crippen LogP contribution is -2.27. The highest BCUT2D eigenvalue weighted by Gasteiger charge is 2.19. The third-order valence-corrected chi connectivity index (χ3v) is 4.59. The Morgan fingerprint density at radius 1 is 1.43 bits per heavy atom. The number of methoxy groups -OCH3 is 1. The van der Waals surface area contributed by atoms with Gasteiger partial charge in [-0.1, -0.05) is 0 Å². The standard InChI is InChI=1S/C17H19N3O3/c1-19-14-6-5-11(22-2)8-13(14)15-16(19)17(21)20(10-18-15)9-12-4-3-7-23-12/h5-6,8,10,12H,3-4,7,9H2,1-2H3/t12-/m0/s1. The molecule has 0 radical (unpaired) electrons. The van der Waals surface area contributed by atoms with Gasteiger partial charge in [0.05, 0.1) is 31.6 Å². The molecule has 0 saturated carbocycles. The first-order chi connectivity index (χ1) is 11.2. The van der Waals surface area contributed by atoms with Gasteiger partial charge >= 0.3 is 0 Å². The highest BCUT2D eigenvalue weighted by molar-refractivity contribution is 6.05. The van der Waals surface area contributed by atoms with Gasteiger partial charge in [-0.2, -0.15) is 0 Å². The Morgan fingerprint density at radius 3 is 3.04 bits per heavy atom. The van der Waals surface area contributed by atoms with Crippen molar-refractivity contribution in [2.75, 3.05) is 13.7 Å². The van der Waals surface area contributed by atoms with Gasteiger partial charge in [-0.15, -0.1) is 0 Å². The average molecular weight is 313 g/mol. The molecule has 23 heavy (non-hydrogen) atoms. The summed E-state index contributed by atoms with van der Waals surface area (Å²) in [7, 11) is 3.53. The summed E-state index contributed by atoms with van der Waals surface area (Å²) in [6.45, 7) is 1.34. The molecular formula is C17H19N3O3. The van der Waals surface area contributed by atoms with Crippen LogP contribution in [0.1, 0.15) is 12.8 Å². The third kappa shape index (κ3) is 2.21. The van der Waals surface area contributed by atoms with Crippen LogP contribution >= 0.6 is 0 Å². The molecule has 2 aromatic heterocycles. The first-order valence-electron chi connectivity index (χ1n) is 7.82. The van der Waals surface area contributed by atoms with Gasteiger partial charge in [-0.25, -0.2) is 4.98 Å². The number of ether oxygens (including phenoxy) is 2. The largest absolute Gasteiger partial charge is 0.497 e. The maximum absolute atomic E-state index is 12.9. The van der Waals surface area contributed by atoms with E-state index in [9.17, 15) is 4.79 Å². The highest BCUT2D eigenvalue weighted by atomic mass is 16.5. The number of benzene rings is 1. The Bertz CT molecular complexity index is 936. The molecule has 3 aromatic rings. The molecule has 0 spiro atoms. The van der Waals surface area contributed by atoms with Crippen molar-refractivity contribution in [2.45, 2.75) is 25.5 Å². The number of rotatable bonds is 3. The Hall–Kier alpha value is -2.34. The number of aromatic nitrogens is 3. The topological polar surface area (TPSA) is 58.3 Å². The van der Waals surface area contributed by atoms with E-state index in [1.165, 1.54) is 0 Å². The summed E-state index contributed by atoms with van der Waals surface area (Å²) in [6.07, 6.45) is 3.80. The summed E-state index contributed by atoms with van der Waals surface area (Å²) in [4.78, 5) is 17.4. The fourth-order valence-electron chi connectivity index (χ4n) is 3.36. The van der Waals surface area contributed by atoms with Crippen molar-refractivity contribution in [1.29, 1.82) is 0 Å². The number of hydrogen-bond acceptors (Lipinski definition) is 4. The fourth-order valence-corrected chi connectivity index (χ4v) is 3.36. The molecule has 0 aliphatic carbocycles. The van der Waals surface area contributed by atoms with Crippen LogP contribution in [0.2, 0.25) is 0 Å². The number of aryl methyl sites for hydroxylation is 1. The summed E-state index contributed by atoms with van der Waals surface area (Å²) in [5.74, 6) is 0.760. The van der Waals surface area contributed by atoms with E-state index in [0.717, 1.165) is 41.6 Å². The van der Waals surface area contributed by atoms with E-state index in [1.54, 1.807) is 18.0 Å². The fraction of sp³-hybridized carbons (Fsp3) is 0.412. The summed E-state index contributed by atoms with van der Waals surface area (Å²) in [5.41, 5.74) is 2.28. The zero-order chi connectivity index (χ0) is 16.0. The van der Waals surface area contributed by atoms with Crippen LogP contribution in [0.25, 0.3) is 21.9 Å². The van der Waals surface area contributed by atoms with Crippen molar-refractivity contribution in [3.63, 3.8) is 0 Å². The predicted octanol–water partition coefficient (Wildman–Crippen LogP) is 2.08. The summed E-state index contributed by atoms with van der Waals surface area (Å²) >= 11 is 0. The lowest BCUT2D eigenvalue weighted by molar-refractivity contribution is 0.0960. The summed E-state index contributed by atoms with van der Waals surface area (Å²) in [6, 6.07) is 5.78. The number of hydrogen-bond donors (Lipinski definition) is 0. The second-order valence-corrected chi connectivity index (χ2v) is 5.98. The van der Waals surface area contributed by atoms with Crippen LogP contribution in [0.3, 0.4) is 0 Å². The smallest absolute Gasteiger partial charge is 0.277 e. The molecule has 4 rings (SSSR count). The predicted molar refractivity (Wildman–Crippen MR) is 88.0 cm³/mol. The van der Waals surface area contributed by atoms with Gasteiger partial charge in [0.15, 0.2) is 0 Å². The molecule has 1 saturated heterocycles. The van der Waals surface area contributed by atoms with Crippen molar-refractivity contribution in [1.82, 2.24) is 14.1 Å². The van der Waals surface area contributed by atoms with E-state index in [2.05, 4.69) is 4.98 Å². The number of fused-ring (bicyclic) bond motifs is 3. The minimum absolute atomic E-state index is 0.0248. The van der Waals surface area contributed by atoms with Crippen LogP contribution in [-0.2, 0) is 18.3 Å². The van der Waals surface area contributed by atoms with Crippen molar-refractivity contribution < 1.29 is 9.47 Å². The second kappa shape index (κ2) is 5.38. The molecule has 0 amide bonds. The van der Waals surface area contributed by atoms with E-state index < -0.39 is 0 Å². The van der Waals surface area contributed by atoms with Gasteiger partial charge < -0.3 is 14.0 Å². The molecule has 1 atom stereocenters. The molecule has 0 bridgehead atoms. The van der Waals surface area contributed by atoms with Gasteiger partial charge in [-0.3, -0.25) is 9.36 Å². The maximum atomic E-state index is 12.9. The Kier molecular flexibility index (Phi) is 3.34. The van der Waals surface area contributed by atoms with Gasteiger partial charge in [0.25, 0.3) is 5.56 Å².